The van der Waals surface area contributed by atoms with Crippen molar-refractivity contribution in [2.24, 2.45) is 0 Å². The van der Waals surface area contributed by atoms with Crippen LogP contribution in [0.3, 0.4) is 0 Å². The molecule has 0 unspecified atom stereocenters. The van der Waals surface area contributed by atoms with E-state index in [0.29, 0.717) is 12.1 Å². The Labute approximate surface area is 111 Å². The molecule has 2 aromatic rings. The molecule has 0 saturated heterocycles. The van der Waals surface area contributed by atoms with E-state index >= 15 is 0 Å². The average Bonchev–Trinajstić information content (AvgIpc) is 2.43. The van der Waals surface area contributed by atoms with Crippen LogP contribution in [-0.4, -0.2) is 14.1 Å². The van der Waals surface area contributed by atoms with Crippen LogP contribution in [0.5, 0.6) is 0 Å². The third-order valence-electron chi connectivity index (χ3n) is 3.01. The fraction of sp³-hybridized carbons (Fsp3) is 0.200. The molecule has 0 atom stereocenters. The van der Waals surface area contributed by atoms with Crippen molar-refractivity contribution in [1.82, 2.24) is 0 Å². The van der Waals surface area contributed by atoms with E-state index < -0.39 is 5.82 Å². The molecule has 2 rings (SSSR count). The standard InChI is InChI=1S/C15H16F2N2/c1-18-13-4-6-14(7-5-13)19(2)10-11-9-12(16)3-8-15(11)17/h3-9,18H,10H2,1-2H3. The molecule has 100 valence electrons. The van der Waals surface area contributed by atoms with Crippen molar-refractivity contribution in [2.45, 2.75) is 6.54 Å². The number of halogens is 2. The number of hydrogen-bond donors (Lipinski definition) is 1. The summed E-state index contributed by atoms with van der Waals surface area (Å²) >= 11 is 0. The van der Waals surface area contributed by atoms with Crippen LogP contribution in [0.15, 0.2) is 42.5 Å². The van der Waals surface area contributed by atoms with Gasteiger partial charge in [0.2, 0.25) is 0 Å². The van der Waals surface area contributed by atoms with Crippen LogP contribution in [0.1, 0.15) is 5.56 Å². The van der Waals surface area contributed by atoms with Gasteiger partial charge in [-0.05, 0) is 42.5 Å². The number of rotatable bonds is 4. The summed E-state index contributed by atoms with van der Waals surface area (Å²) in [5.41, 5.74) is 2.30. The zero-order valence-corrected chi connectivity index (χ0v) is 11.0. The second kappa shape index (κ2) is 5.69. The summed E-state index contributed by atoms with van der Waals surface area (Å²) < 4.78 is 26.7. The average molecular weight is 262 g/mol. The molecule has 0 spiro atoms. The monoisotopic (exact) mass is 262 g/mol. The molecule has 19 heavy (non-hydrogen) atoms. The second-order valence-corrected chi connectivity index (χ2v) is 4.39. The normalized spacial score (nSPS) is 10.3. The van der Waals surface area contributed by atoms with Crippen LogP contribution in [-0.2, 0) is 6.54 Å². The first-order valence-electron chi connectivity index (χ1n) is 6.03. The van der Waals surface area contributed by atoms with E-state index in [0.717, 1.165) is 23.5 Å². The molecular formula is C15H16F2N2. The van der Waals surface area contributed by atoms with Crippen molar-refractivity contribution in [1.29, 1.82) is 0 Å². The highest BCUT2D eigenvalue weighted by molar-refractivity contribution is 5.54. The largest absolute Gasteiger partial charge is 0.388 e. The van der Waals surface area contributed by atoms with Gasteiger partial charge in [0.05, 0.1) is 0 Å². The fourth-order valence-corrected chi connectivity index (χ4v) is 1.89. The highest BCUT2D eigenvalue weighted by Gasteiger charge is 2.08. The van der Waals surface area contributed by atoms with Gasteiger partial charge >= 0.3 is 0 Å². The Kier molecular flexibility index (Phi) is 4.00. The molecule has 0 saturated carbocycles. The van der Waals surface area contributed by atoms with E-state index in [-0.39, 0.29) is 5.82 Å². The number of hydrogen-bond acceptors (Lipinski definition) is 2. The first-order valence-corrected chi connectivity index (χ1v) is 6.03. The summed E-state index contributed by atoms with van der Waals surface area (Å²) in [6.45, 7) is 0.322. The van der Waals surface area contributed by atoms with Crippen LogP contribution >= 0.6 is 0 Å². The summed E-state index contributed by atoms with van der Waals surface area (Å²) in [4.78, 5) is 1.87. The van der Waals surface area contributed by atoms with Gasteiger partial charge in [-0.15, -0.1) is 0 Å². The third-order valence-corrected chi connectivity index (χ3v) is 3.01. The lowest BCUT2D eigenvalue weighted by molar-refractivity contribution is 0.583. The molecule has 4 heteroatoms. The van der Waals surface area contributed by atoms with Gasteiger partial charge in [0, 0.05) is 37.6 Å². The van der Waals surface area contributed by atoms with Crippen molar-refractivity contribution in [3.8, 4) is 0 Å². The smallest absolute Gasteiger partial charge is 0.128 e. The lowest BCUT2D eigenvalue weighted by Crippen LogP contribution is -2.17. The minimum atomic E-state index is -0.421. The number of nitrogens with one attached hydrogen (secondary N) is 1. The molecule has 0 amide bonds. The number of nitrogens with zero attached hydrogens (tertiary/aromatic N) is 1. The SMILES string of the molecule is CNc1ccc(N(C)Cc2cc(F)ccc2F)cc1. The molecule has 0 bridgehead atoms. The third kappa shape index (κ3) is 3.22. The van der Waals surface area contributed by atoms with E-state index in [9.17, 15) is 8.78 Å². The van der Waals surface area contributed by atoms with Crippen LogP contribution in [0, 0.1) is 11.6 Å². The Balaban J connectivity index is 2.15. The van der Waals surface area contributed by atoms with E-state index in [1.807, 2.05) is 43.3 Å². The molecular weight excluding hydrogens is 246 g/mol. The van der Waals surface area contributed by atoms with Crippen molar-refractivity contribution < 1.29 is 8.78 Å². The van der Waals surface area contributed by atoms with Gasteiger partial charge in [-0.2, -0.15) is 0 Å². The summed E-state index contributed by atoms with van der Waals surface area (Å²) in [5, 5.41) is 3.03. The predicted molar refractivity (Wildman–Crippen MR) is 74.5 cm³/mol. The van der Waals surface area contributed by atoms with Crippen LogP contribution in [0.4, 0.5) is 20.2 Å². The maximum absolute atomic E-state index is 13.6. The maximum Gasteiger partial charge on any atom is 0.128 e. The lowest BCUT2D eigenvalue weighted by Gasteiger charge is -2.20. The summed E-state index contributed by atoms with van der Waals surface area (Å²) in [5.74, 6) is -0.810. The number of benzene rings is 2. The van der Waals surface area contributed by atoms with E-state index in [1.54, 1.807) is 0 Å². The van der Waals surface area contributed by atoms with Gasteiger partial charge in [-0.25, -0.2) is 8.78 Å². The highest BCUT2D eigenvalue weighted by Crippen LogP contribution is 2.20. The Morgan fingerprint density at radius 1 is 1.05 bits per heavy atom. The second-order valence-electron chi connectivity index (χ2n) is 4.39. The molecule has 1 N–H and O–H groups in total. The summed E-state index contributed by atoms with van der Waals surface area (Å²) in [6, 6.07) is 11.3. The van der Waals surface area contributed by atoms with Gasteiger partial charge in [0.25, 0.3) is 0 Å². The van der Waals surface area contributed by atoms with Crippen LogP contribution < -0.4 is 10.2 Å². The van der Waals surface area contributed by atoms with Crippen molar-refractivity contribution >= 4 is 11.4 Å². The Bertz CT molecular complexity index is 553. The molecule has 0 aliphatic carbocycles. The van der Waals surface area contributed by atoms with E-state index in [1.165, 1.54) is 6.07 Å². The molecule has 0 aromatic heterocycles. The fourth-order valence-electron chi connectivity index (χ4n) is 1.89. The van der Waals surface area contributed by atoms with Crippen molar-refractivity contribution in [2.75, 3.05) is 24.3 Å². The van der Waals surface area contributed by atoms with Crippen LogP contribution in [0.25, 0.3) is 0 Å². The minimum Gasteiger partial charge on any atom is -0.388 e. The van der Waals surface area contributed by atoms with Gasteiger partial charge in [-0.3, -0.25) is 0 Å². The molecule has 2 aromatic carbocycles. The summed E-state index contributed by atoms with van der Waals surface area (Å²) in [6.07, 6.45) is 0. The van der Waals surface area contributed by atoms with Crippen molar-refractivity contribution in [3.63, 3.8) is 0 Å². The Morgan fingerprint density at radius 2 is 1.74 bits per heavy atom. The number of anilines is 2. The maximum atomic E-state index is 13.6. The van der Waals surface area contributed by atoms with Gasteiger partial charge in [0.1, 0.15) is 11.6 Å². The molecule has 0 aliphatic rings. The van der Waals surface area contributed by atoms with E-state index in [4.69, 9.17) is 0 Å². The molecule has 2 nitrogen and oxygen atoms in total. The zero-order valence-electron chi connectivity index (χ0n) is 11.0. The molecule has 0 aliphatic heterocycles. The minimum absolute atomic E-state index is 0.322. The molecule has 0 heterocycles. The topological polar surface area (TPSA) is 15.3 Å². The summed E-state index contributed by atoms with van der Waals surface area (Å²) in [7, 11) is 3.69. The van der Waals surface area contributed by atoms with Gasteiger partial charge in [0.15, 0.2) is 0 Å². The molecule has 0 radical (unpaired) electrons. The van der Waals surface area contributed by atoms with Crippen LogP contribution in [0.2, 0.25) is 0 Å². The zero-order chi connectivity index (χ0) is 13.8. The van der Waals surface area contributed by atoms with Gasteiger partial charge < -0.3 is 10.2 Å². The first kappa shape index (κ1) is 13.3. The van der Waals surface area contributed by atoms with Crippen molar-refractivity contribution in [3.05, 3.63) is 59.7 Å². The quantitative estimate of drug-likeness (QED) is 0.905. The highest BCUT2D eigenvalue weighted by atomic mass is 19.1. The first-order chi connectivity index (χ1) is 9.10. The predicted octanol–water partition coefficient (Wildman–Crippen LogP) is 3.64. The lowest BCUT2D eigenvalue weighted by atomic mass is 10.2. The Hall–Kier alpha value is -2.10. The molecule has 0 fully saturated rings. The van der Waals surface area contributed by atoms with E-state index in [2.05, 4.69) is 5.32 Å². The van der Waals surface area contributed by atoms with Gasteiger partial charge in [-0.1, -0.05) is 0 Å². The Morgan fingerprint density at radius 3 is 2.37 bits per heavy atom.